The van der Waals surface area contributed by atoms with Crippen LogP contribution in [0.3, 0.4) is 0 Å². The third-order valence-electron chi connectivity index (χ3n) is 6.81. The van der Waals surface area contributed by atoms with Crippen LogP contribution in [0.5, 0.6) is 0 Å². The number of hydrogen-bond acceptors (Lipinski definition) is 2. The van der Waals surface area contributed by atoms with Crippen LogP contribution in [-0.4, -0.2) is 36.5 Å². The van der Waals surface area contributed by atoms with Crippen LogP contribution in [0.4, 0.5) is 0 Å². The number of carbonyl (C=O) groups excluding carboxylic acids is 1. The van der Waals surface area contributed by atoms with Crippen molar-refractivity contribution in [2.45, 2.75) is 51.5 Å². The summed E-state index contributed by atoms with van der Waals surface area (Å²) in [5, 5.41) is 3.94. The SMILES string of the molecule is CCCN(CCCCNC(=O)c1ccc(-c2ccccc2)cc1)[C@@H]1CCc2cc(Cl)ccc2C1. The van der Waals surface area contributed by atoms with Gasteiger partial charge in [-0.1, -0.05) is 67.1 Å². The van der Waals surface area contributed by atoms with E-state index >= 15 is 0 Å². The Morgan fingerprint density at radius 3 is 2.47 bits per heavy atom. The van der Waals surface area contributed by atoms with E-state index in [9.17, 15) is 4.79 Å². The molecular formula is C30H35ClN2O. The van der Waals surface area contributed by atoms with Gasteiger partial charge < -0.3 is 10.2 Å². The van der Waals surface area contributed by atoms with Gasteiger partial charge >= 0.3 is 0 Å². The molecule has 1 amide bonds. The summed E-state index contributed by atoms with van der Waals surface area (Å²) in [6, 6.07) is 25.0. The monoisotopic (exact) mass is 474 g/mol. The average Bonchev–Trinajstić information content (AvgIpc) is 2.88. The summed E-state index contributed by atoms with van der Waals surface area (Å²) in [6.45, 7) is 5.19. The normalized spacial score (nSPS) is 15.2. The zero-order chi connectivity index (χ0) is 23.8. The van der Waals surface area contributed by atoms with E-state index < -0.39 is 0 Å². The standard InChI is InChI=1S/C30H35ClN2O/c1-2-19-33(29-17-15-26-21-28(31)16-14-27(26)22-29)20-7-6-18-32-30(34)25-12-10-24(11-13-25)23-8-4-3-5-9-23/h3-5,8-14,16,21,29H,2,6-7,15,17-20,22H2,1H3,(H,32,34)/t29-/m1/s1. The van der Waals surface area contributed by atoms with E-state index in [0.717, 1.165) is 54.9 Å². The van der Waals surface area contributed by atoms with E-state index in [1.807, 2.05) is 48.5 Å². The molecular weight excluding hydrogens is 440 g/mol. The van der Waals surface area contributed by atoms with Crippen molar-refractivity contribution in [2.75, 3.05) is 19.6 Å². The molecule has 4 rings (SSSR count). The van der Waals surface area contributed by atoms with Gasteiger partial charge in [0.05, 0.1) is 0 Å². The summed E-state index contributed by atoms with van der Waals surface area (Å²) >= 11 is 6.18. The molecule has 0 saturated carbocycles. The van der Waals surface area contributed by atoms with Gasteiger partial charge in [0.25, 0.3) is 5.91 Å². The molecule has 1 N–H and O–H groups in total. The summed E-state index contributed by atoms with van der Waals surface area (Å²) in [6.07, 6.45) is 6.68. The van der Waals surface area contributed by atoms with Crippen LogP contribution in [0, 0.1) is 0 Å². The molecule has 0 unspecified atom stereocenters. The second-order valence-electron chi connectivity index (χ2n) is 9.25. The van der Waals surface area contributed by atoms with E-state index in [1.54, 1.807) is 0 Å². The highest BCUT2D eigenvalue weighted by Crippen LogP contribution is 2.27. The Balaban J connectivity index is 1.21. The molecule has 0 bridgehead atoms. The van der Waals surface area contributed by atoms with Crippen molar-refractivity contribution in [3.63, 3.8) is 0 Å². The first-order valence-electron chi connectivity index (χ1n) is 12.6. The molecule has 0 aromatic heterocycles. The van der Waals surface area contributed by atoms with Crippen LogP contribution in [0.25, 0.3) is 11.1 Å². The number of benzene rings is 3. The molecule has 0 fully saturated rings. The number of aryl methyl sites for hydroxylation is 1. The molecule has 1 atom stereocenters. The van der Waals surface area contributed by atoms with E-state index in [2.05, 4.69) is 41.4 Å². The van der Waals surface area contributed by atoms with Gasteiger partial charge in [0, 0.05) is 23.2 Å². The quantitative estimate of drug-likeness (QED) is 0.328. The van der Waals surface area contributed by atoms with Gasteiger partial charge in [-0.2, -0.15) is 0 Å². The molecule has 1 aliphatic carbocycles. The Kier molecular flexibility index (Phi) is 8.79. The van der Waals surface area contributed by atoms with E-state index in [0.29, 0.717) is 18.2 Å². The minimum absolute atomic E-state index is 0.00701. The van der Waals surface area contributed by atoms with Crippen LogP contribution in [0.1, 0.15) is 54.1 Å². The molecule has 178 valence electrons. The number of rotatable bonds is 10. The summed E-state index contributed by atoms with van der Waals surface area (Å²) < 4.78 is 0. The summed E-state index contributed by atoms with van der Waals surface area (Å²) in [7, 11) is 0. The molecule has 34 heavy (non-hydrogen) atoms. The molecule has 0 spiro atoms. The minimum Gasteiger partial charge on any atom is -0.352 e. The largest absolute Gasteiger partial charge is 0.352 e. The zero-order valence-corrected chi connectivity index (χ0v) is 20.9. The van der Waals surface area contributed by atoms with Crippen molar-refractivity contribution in [3.8, 4) is 11.1 Å². The number of nitrogens with one attached hydrogen (secondary N) is 1. The lowest BCUT2D eigenvalue weighted by Gasteiger charge is -2.35. The fourth-order valence-corrected chi connectivity index (χ4v) is 5.16. The lowest BCUT2D eigenvalue weighted by Crippen LogP contribution is -2.40. The van der Waals surface area contributed by atoms with E-state index in [1.165, 1.54) is 24.0 Å². The maximum atomic E-state index is 12.5. The van der Waals surface area contributed by atoms with Crippen molar-refractivity contribution in [2.24, 2.45) is 0 Å². The van der Waals surface area contributed by atoms with Crippen molar-refractivity contribution in [1.29, 1.82) is 0 Å². The predicted octanol–water partition coefficient (Wildman–Crippen LogP) is 6.79. The number of fused-ring (bicyclic) bond motifs is 1. The maximum absolute atomic E-state index is 12.5. The zero-order valence-electron chi connectivity index (χ0n) is 20.1. The maximum Gasteiger partial charge on any atom is 0.251 e. The first-order valence-corrected chi connectivity index (χ1v) is 13.0. The average molecular weight is 475 g/mol. The first-order chi connectivity index (χ1) is 16.6. The minimum atomic E-state index is 0.00701. The van der Waals surface area contributed by atoms with Crippen molar-refractivity contribution < 1.29 is 4.79 Å². The van der Waals surface area contributed by atoms with Crippen LogP contribution >= 0.6 is 11.6 Å². The second kappa shape index (κ2) is 12.2. The van der Waals surface area contributed by atoms with Gasteiger partial charge in [-0.25, -0.2) is 0 Å². The highest BCUT2D eigenvalue weighted by atomic mass is 35.5. The van der Waals surface area contributed by atoms with Gasteiger partial charge in [-0.05, 0) is 98.1 Å². The van der Waals surface area contributed by atoms with E-state index in [-0.39, 0.29) is 5.91 Å². The first kappa shape index (κ1) is 24.5. The van der Waals surface area contributed by atoms with Gasteiger partial charge in [-0.3, -0.25) is 4.79 Å². The molecule has 0 saturated heterocycles. The Labute approximate surface area is 209 Å². The molecule has 3 aromatic carbocycles. The summed E-state index contributed by atoms with van der Waals surface area (Å²) in [5.74, 6) is 0.00701. The molecule has 3 aromatic rings. The predicted molar refractivity (Wildman–Crippen MR) is 143 cm³/mol. The highest BCUT2D eigenvalue weighted by molar-refractivity contribution is 6.30. The number of carbonyl (C=O) groups is 1. The lowest BCUT2D eigenvalue weighted by atomic mass is 9.87. The van der Waals surface area contributed by atoms with Gasteiger partial charge in [0.2, 0.25) is 0 Å². The van der Waals surface area contributed by atoms with Gasteiger partial charge in [0.15, 0.2) is 0 Å². The van der Waals surface area contributed by atoms with Crippen LogP contribution in [0.2, 0.25) is 5.02 Å². The van der Waals surface area contributed by atoms with Gasteiger partial charge in [-0.15, -0.1) is 0 Å². The smallest absolute Gasteiger partial charge is 0.251 e. The van der Waals surface area contributed by atoms with Crippen molar-refractivity contribution in [1.82, 2.24) is 10.2 Å². The topological polar surface area (TPSA) is 32.3 Å². The van der Waals surface area contributed by atoms with Crippen LogP contribution in [-0.2, 0) is 12.8 Å². The number of halogens is 1. The summed E-state index contributed by atoms with van der Waals surface area (Å²) in [5.41, 5.74) is 5.87. The lowest BCUT2D eigenvalue weighted by molar-refractivity contribution is 0.0952. The Bertz CT molecular complexity index is 1060. The van der Waals surface area contributed by atoms with Crippen molar-refractivity contribution in [3.05, 3.63) is 94.5 Å². The van der Waals surface area contributed by atoms with Crippen LogP contribution < -0.4 is 5.32 Å². The number of amides is 1. The second-order valence-corrected chi connectivity index (χ2v) is 9.69. The molecule has 4 heteroatoms. The number of unbranched alkanes of at least 4 members (excludes halogenated alkanes) is 1. The molecule has 3 nitrogen and oxygen atoms in total. The Morgan fingerprint density at radius 1 is 0.941 bits per heavy atom. The third-order valence-corrected chi connectivity index (χ3v) is 7.04. The fraction of sp³-hybridized carbons (Fsp3) is 0.367. The van der Waals surface area contributed by atoms with Gasteiger partial charge in [0.1, 0.15) is 0 Å². The Hall–Kier alpha value is -2.62. The number of hydrogen-bond donors (Lipinski definition) is 1. The molecule has 0 heterocycles. The summed E-state index contributed by atoms with van der Waals surface area (Å²) in [4.78, 5) is 15.2. The molecule has 0 aliphatic heterocycles. The van der Waals surface area contributed by atoms with E-state index in [4.69, 9.17) is 11.6 Å². The molecule has 1 aliphatic rings. The van der Waals surface area contributed by atoms with Crippen molar-refractivity contribution >= 4 is 17.5 Å². The third kappa shape index (κ3) is 6.49. The number of nitrogens with zero attached hydrogens (tertiary/aromatic N) is 1. The molecule has 0 radical (unpaired) electrons. The van der Waals surface area contributed by atoms with Crippen LogP contribution in [0.15, 0.2) is 72.8 Å². The Morgan fingerprint density at radius 2 is 1.71 bits per heavy atom. The fourth-order valence-electron chi connectivity index (χ4n) is 4.97. The highest BCUT2D eigenvalue weighted by Gasteiger charge is 2.23.